The average molecular weight is 337 g/mol. The van der Waals surface area contributed by atoms with E-state index in [0.29, 0.717) is 23.8 Å². The second-order valence-corrected chi connectivity index (χ2v) is 6.02. The number of aromatic nitrogens is 4. The summed E-state index contributed by atoms with van der Waals surface area (Å²) in [6.45, 7) is 1.71. The quantitative estimate of drug-likeness (QED) is 0.527. The molecule has 0 aliphatic carbocycles. The molecule has 0 saturated carbocycles. The van der Waals surface area contributed by atoms with Gasteiger partial charge in [-0.05, 0) is 6.42 Å². The van der Waals surface area contributed by atoms with Gasteiger partial charge in [0.1, 0.15) is 42.0 Å². The maximum atomic E-state index is 10.3. The fraction of sp³-hybridized carbons (Fsp3) is 0.667. The van der Waals surface area contributed by atoms with Crippen molar-refractivity contribution in [1.82, 2.24) is 19.5 Å². The summed E-state index contributed by atoms with van der Waals surface area (Å²) in [6, 6.07) is 0. The average Bonchev–Trinajstić information content (AvgIpc) is 3.15. The summed E-state index contributed by atoms with van der Waals surface area (Å²) in [4.78, 5) is 12.7. The van der Waals surface area contributed by atoms with Crippen LogP contribution in [0.1, 0.15) is 38.2 Å². The van der Waals surface area contributed by atoms with E-state index in [9.17, 15) is 15.3 Å². The molecule has 0 aromatic carbocycles. The summed E-state index contributed by atoms with van der Waals surface area (Å²) < 4.78 is 7.18. The molecular weight excluding hydrogens is 314 g/mol. The number of ether oxygens (including phenoxy) is 1. The van der Waals surface area contributed by atoms with Gasteiger partial charge in [0, 0.05) is 6.42 Å². The van der Waals surface area contributed by atoms with Crippen molar-refractivity contribution in [3.05, 3.63) is 12.2 Å². The van der Waals surface area contributed by atoms with Gasteiger partial charge in [-0.2, -0.15) is 0 Å². The first-order valence-electron chi connectivity index (χ1n) is 8.18. The van der Waals surface area contributed by atoms with E-state index >= 15 is 0 Å². The molecule has 1 saturated heterocycles. The minimum atomic E-state index is -1.22. The Morgan fingerprint density at radius 1 is 1.25 bits per heavy atom. The number of aryl methyl sites for hydroxylation is 1. The zero-order valence-corrected chi connectivity index (χ0v) is 13.5. The van der Waals surface area contributed by atoms with Crippen molar-refractivity contribution < 1.29 is 20.1 Å². The van der Waals surface area contributed by atoms with Gasteiger partial charge in [0.05, 0.1) is 6.61 Å². The number of rotatable bonds is 6. The molecule has 132 valence electrons. The highest BCUT2D eigenvalue weighted by molar-refractivity contribution is 5.65. The maximum absolute atomic E-state index is 10.3. The molecule has 24 heavy (non-hydrogen) atoms. The Labute approximate surface area is 139 Å². The summed E-state index contributed by atoms with van der Waals surface area (Å²) in [7, 11) is 0. The van der Waals surface area contributed by atoms with E-state index in [1.165, 1.54) is 6.33 Å². The highest BCUT2D eigenvalue weighted by Gasteiger charge is 2.44. The highest BCUT2D eigenvalue weighted by Crippen LogP contribution is 2.35. The standard InChI is InChI=1S/C15H23N5O4/c1-2-3-4-5-9-19-14-10(17-7-18-14)13(16)20(9)15-12(23)11(22)8(6-21)24-15/h7-8,11-12,15,21-23H,2-6,16H2,1H3/t8-,11-,12+,15-/m1/s1. The third-order valence-electron chi connectivity index (χ3n) is 4.37. The number of nitrogens with zero attached hydrogens (tertiary/aromatic N) is 4. The van der Waals surface area contributed by atoms with Crippen LogP contribution < -0.4 is 5.73 Å². The van der Waals surface area contributed by atoms with E-state index in [1.54, 1.807) is 4.57 Å². The zero-order valence-electron chi connectivity index (χ0n) is 13.5. The van der Waals surface area contributed by atoms with Crippen LogP contribution in [0.3, 0.4) is 0 Å². The number of hydrogen-bond acceptors (Lipinski definition) is 8. The topological polar surface area (TPSA) is 140 Å². The van der Waals surface area contributed by atoms with Crippen LogP contribution in [0.15, 0.2) is 6.33 Å². The number of fused-ring (bicyclic) bond motifs is 1. The molecule has 3 heterocycles. The van der Waals surface area contributed by atoms with Crippen LogP contribution >= 0.6 is 0 Å². The van der Waals surface area contributed by atoms with E-state index < -0.39 is 31.1 Å². The van der Waals surface area contributed by atoms with Crippen LogP contribution in [0, 0.1) is 0 Å². The van der Waals surface area contributed by atoms with Crippen molar-refractivity contribution in [3.63, 3.8) is 0 Å². The number of unbranched alkanes of at least 4 members (excludes halogenated alkanes) is 2. The van der Waals surface area contributed by atoms with Gasteiger partial charge in [-0.25, -0.2) is 15.0 Å². The first-order chi connectivity index (χ1) is 11.6. The van der Waals surface area contributed by atoms with Crippen LogP contribution in [0.5, 0.6) is 0 Å². The lowest BCUT2D eigenvalue weighted by Crippen LogP contribution is -2.34. The first-order valence-corrected chi connectivity index (χ1v) is 8.18. The molecule has 4 atom stereocenters. The van der Waals surface area contributed by atoms with Crippen molar-refractivity contribution in [2.75, 3.05) is 12.3 Å². The fourth-order valence-corrected chi connectivity index (χ4v) is 3.04. The molecule has 9 nitrogen and oxygen atoms in total. The molecule has 0 spiro atoms. The number of nitrogens with two attached hydrogens (primary N) is 1. The van der Waals surface area contributed by atoms with Crippen LogP contribution in [0.4, 0.5) is 5.82 Å². The fourth-order valence-electron chi connectivity index (χ4n) is 3.04. The van der Waals surface area contributed by atoms with Crippen molar-refractivity contribution >= 4 is 5.82 Å². The lowest BCUT2D eigenvalue weighted by atomic mass is 10.1. The Kier molecular flexibility index (Phi) is 4.95. The van der Waals surface area contributed by atoms with Crippen molar-refractivity contribution in [1.29, 1.82) is 0 Å². The predicted octanol–water partition coefficient (Wildman–Crippen LogP) is -0.296. The van der Waals surface area contributed by atoms with E-state index in [1.807, 2.05) is 0 Å². The number of hydrogen-bond donors (Lipinski definition) is 4. The van der Waals surface area contributed by atoms with Gasteiger partial charge in [-0.3, -0.25) is 4.57 Å². The van der Waals surface area contributed by atoms with Gasteiger partial charge in [0.25, 0.3) is 0 Å². The molecule has 1 fully saturated rings. The lowest BCUT2D eigenvalue weighted by Gasteiger charge is -2.25. The molecule has 0 aromatic rings. The Hall–Kier alpha value is -1.81. The maximum Gasteiger partial charge on any atom is 0.185 e. The molecule has 0 amide bonds. The molecular formula is C15H23N5O4. The molecule has 5 N–H and O–H groups in total. The monoisotopic (exact) mass is 337 g/mol. The summed E-state index contributed by atoms with van der Waals surface area (Å²) in [5.74, 6) is 1.34. The van der Waals surface area contributed by atoms with Gasteiger partial charge in [-0.15, -0.1) is 0 Å². The normalized spacial score (nSPS) is 27.2. The number of nitrogen functional groups attached to an aromatic ring is 1. The molecule has 3 aliphatic heterocycles. The Balaban J connectivity index is 2.03. The third-order valence-corrected chi connectivity index (χ3v) is 4.37. The van der Waals surface area contributed by atoms with Crippen molar-refractivity contribution in [3.8, 4) is 11.5 Å². The highest BCUT2D eigenvalue weighted by atomic mass is 16.6. The number of anilines is 1. The largest absolute Gasteiger partial charge is 0.394 e. The van der Waals surface area contributed by atoms with E-state index in [-0.39, 0.29) is 5.82 Å². The van der Waals surface area contributed by atoms with Gasteiger partial charge in [0.15, 0.2) is 12.1 Å². The summed E-state index contributed by atoms with van der Waals surface area (Å²) in [6.07, 6.45) is 0.780. The number of aliphatic hydroxyl groups excluding tert-OH is 3. The Morgan fingerprint density at radius 3 is 2.71 bits per heavy atom. The molecule has 0 radical (unpaired) electrons. The zero-order chi connectivity index (χ0) is 17.3. The minimum Gasteiger partial charge on any atom is -0.394 e. The van der Waals surface area contributed by atoms with Crippen molar-refractivity contribution in [2.24, 2.45) is 0 Å². The van der Waals surface area contributed by atoms with E-state index in [0.717, 1.165) is 19.3 Å². The summed E-state index contributed by atoms with van der Waals surface area (Å²) in [5, 5.41) is 29.6. The first kappa shape index (κ1) is 17.0. The van der Waals surface area contributed by atoms with Gasteiger partial charge >= 0.3 is 0 Å². The SMILES string of the molecule is CCCCCc1nc2ncnc-2c(N)n1[C@@H]1O[C@H](CO)[C@@H](O)[C@@H]1O. The Bertz CT molecular complexity index is 664. The molecule has 0 aromatic heterocycles. The number of imidazole rings is 1. The third kappa shape index (κ3) is 2.84. The second kappa shape index (κ2) is 6.98. The smallest absolute Gasteiger partial charge is 0.185 e. The second-order valence-electron chi connectivity index (χ2n) is 6.02. The minimum absolute atomic E-state index is 0.277. The van der Waals surface area contributed by atoms with Crippen molar-refractivity contribution in [2.45, 2.75) is 57.1 Å². The lowest BCUT2D eigenvalue weighted by molar-refractivity contribution is -0.0536. The summed E-state index contributed by atoms with van der Waals surface area (Å²) >= 11 is 0. The van der Waals surface area contributed by atoms with Crippen LogP contribution in [-0.4, -0.2) is 59.8 Å². The molecule has 9 heteroatoms. The molecule has 3 aliphatic rings. The molecule has 0 bridgehead atoms. The van der Waals surface area contributed by atoms with Gasteiger partial charge < -0.3 is 25.8 Å². The molecule has 0 unspecified atom stereocenters. The summed E-state index contributed by atoms with van der Waals surface area (Å²) in [5.41, 5.74) is 6.65. The van der Waals surface area contributed by atoms with E-state index in [2.05, 4.69) is 21.9 Å². The van der Waals surface area contributed by atoms with E-state index in [4.69, 9.17) is 10.5 Å². The number of aliphatic hydroxyl groups is 3. The van der Waals surface area contributed by atoms with Crippen LogP contribution in [0.25, 0.3) is 11.5 Å². The van der Waals surface area contributed by atoms with Gasteiger partial charge in [-0.1, -0.05) is 19.8 Å². The Morgan fingerprint density at radius 2 is 2.04 bits per heavy atom. The predicted molar refractivity (Wildman–Crippen MR) is 85.1 cm³/mol. The molecule has 3 rings (SSSR count). The van der Waals surface area contributed by atoms with Crippen LogP contribution in [0.2, 0.25) is 0 Å². The van der Waals surface area contributed by atoms with Gasteiger partial charge in [0.2, 0.25) is 0 Å². The van der Waals surface area contributed by atoms with Crippen LogP contribution in [-0.2, 0) is 11.2 Å².